The summed E-state index contributed by atoms with van der Waals surface area (Å²) in [6, 6.07) is 0. The van der Waals surface area contributed by atoms with Crippen LogP contribution in [0.3, 0.4) is 0 Å². The molecule has 4 nitrogen and oxygen atoms in total. The first kappa shape index (κ1) is 7.21. The Morgan fingerprint density at radius 2 is 2.50 bits per heavy atom. The Balaban J connectivity index is 2.46. The fraction of sp³-hybridized carbons (Fsp3) is 0.375. The van der Waals surface area contributed by atoms with Crippen LogP contribution in [0.5, 0.6) is 0 Å². The van der Waals surface area contributed by atoms with Gasteiger partial charge >= 0.3 is 0 Å². The largest absolute Gasteiger partial charge is 0.210 e. The van der Waals surface area contributed by atoms with Crippen LogP contribution in [0.4, 0.5) is 0 Å². The van der Waals surface area contributed by atoms with Crippen LogP contribution in [-0.2, 0) is 6.42 Å². The molecule has 0 atom stereocenters. The number of allylic oxidation sites excluding steroid dienone is 1. The Morgan fingerprint density at radius 1 is 1.58 bits per heavy atom. The van der Waals surface area contributed by atoms with Crippen molar-refractivity contribution in [2.24, 2.45) is 5.10 Å². The third kappa shape index (κ3) is 1.15. The van der Waals surface area contributed by atoms with Gasteiger partial charge in [0.25, 0.3) is 0 Å². The van der Waals surface area contributed by atoms with Gasteiger partial charge < -0.3 is 0 Å². The first-order valence-corrected chi connectivity index (χ1v) is 4.05. The maximum Gasteiger partial charge on any atom is 0.175 e. The minimum absolute atomic E-state index is 0.820. The van der Waals surface area contributed by atoms with Crippen molar-refractivity contribution in [1.29, 1.82) is 0 Å². The van der Waals surface area contributed by atoms with E-state index in [1.807, 2.05) is 25.3 Å². The fourth-order valence-electron chi connectivity index (χ4n) is 1.06. The zero-order valence-corrected chi connectivity index (χ0v) is 6.94. The Kier molecular flexibility index (Phi) is 1.74. The lowest BCUT2D eigenvalue weighted by Crippen LogP contribution is -1.93. The highest BCUT2D eigenvalue weighted by Gasteiger charge is 2.05. The van der Waals surface area contributed by atoms with Crippen molar-refractivity contribution in [3.05, 3.63) is 17.7 Å². The summed E-state index contributed by atoms with van der Waals surface area (Å²) in [5, 5.41) is 8.30. The molecule has 0 N–H and O–H groups in total. The summed E-state index contributed by atoms with van der Waals surface area (Å²) in [7, 11) is 0. The van der Waals surface area contributed by atoms with Gasteiger partial charge in [-0.15, -0.1) is 9.89 Å². The van der Waals surface area contributed by atoms with Gasteiger partial charge in [-0.2, -0.15) is 5.10 Å². The topological polar surface area (TPSA) is 43.1 Å². The van der Waals surface area contributed by atoms with Gasteiger partial charge in [-0.3, -0.25) is 0 Å². The average Bonchev–Trinajstić information content (AvgIpc) is 2.37. The second-order valence-electron chi connectivity index (χ2n) is 2.57. The van der Waals surface area contributed by atoms with Crippen LogP contribution in [0.25, 0.3) is 6.08 Å². The molecule has 0 saturated carbocycles. The molecule has 0 spiro atoms. The molecule has 0 saturated heterocycles. The van der Waals surface area contributed by atoms with Crippen LogP contribution >= 0.6 is 0 Å². The molecule has 0 bridgehead atoms. The molecule has 0 aliphatic carbocycles. The molecule has 0 unspecified atom stereocenters. The number of hydrogen-bond acceptors (Lipinski definition) is 3. The predicted octanol–water partition coefficient (Wildman–Crippen LogP) is 1.09. The molecule has 0 aromatic carbocycles. The number of aryl methyl sites for hydroxylation is 1. The number of fused-ring (bicyclic) bond motifs is 1. The van der Waals surface area contributed by atoms with Crippen molar-refractivity contribution in [2.75, 3.05) is 0 Å². The lowest BCUT2D eigenvalue weighted by atomic mass is 10.4. The highest BCUT2D eigenvalue weighted by Crippen LogP contribution is 2.04. The van der Waals surface area contributed by atoms with E-state index in [1.165, 1.54) is 0 Å². The van der Waals surface area contributed by atoms with E-state index in [1.54, 1.807) is 4.79 Å². The van der Waals surface area contributed by atoms with E-state index >= 15 is 0 Å². The number of aromatic nitrogens is 3. The Hall–Kier alpha value is -1.45. The highest BCUT2D eigenvalue weighted by atomic mass is 15.5. The normalized spacial score (nSPS) is 14.4. The Labute approximate surface area is 70.6 Å². The van der Waals surface area contributed by atoms with E-state index in [2.05, 4.69) is 15.2 Å². The van der Waals surface area contributed by atoms with Crippen molar-refractivity contribution in [3.8, 4) is 0 Å². The molecule has 1 aromatic heterocycles. The molecular weight excluding hydrogens is 152 g/mol. The summed E-state index contributed by atoms with van der Waals surface area (Å²) >= 11 is 0. The molecule has 0 amide bonds. The van der Waals surface area contributed by atoms with Crippen molar-refractivity contribution < 1.29 is 0 Å². The standard InChI is InChI=1S/C8H10N4/c1-2-7-10-8-5-3-4-6-9-12(8)11-7/h3,5-6H,2,4H2,1H3. The average molecular weight is 162 g/mol. The summed E-state index contributed by atoms with van der Waals surface area (Å²) in [5.41, 5.74) is 0. The van der Waals surface area contributed by atoms with Crippen LogP contribution in [-0.4, -0.2) is 21.1 Å². The van der Waals surface area contributed by atoms with Gasteiger partial charge in [-0.1, -0.05) is 13.0 Å². The van der Waals surface area contributed by atoms with Gasteiger partial charge in [0.15, 0.2) is 11.6 Å². The van der Waals surface area contributed by atoms with E-state index in [9.17, 15) is 0 Å². The second kappa shape index (κ2) is 2.89. The minimum atomic E-state index is 0.820. The molecule has 1 aliphatic rings. The van der Waals surface area contributed by atoms with E-state index in [0.29, 0.717) is 0 Å². The predicted molar refractivity (Wildman–Crippen MR) is 46.9 cm³/mol. The Bertz CT molecular complexity index is 305. The maximum atomic E-state index is 4.28. The third-order valence-electron chi connectivity index (χ3n) is 1.67. The molecule has 2 heterocycles. The second-order valence-corrected chi connectivity index (χ2v) is 2.57. The van der Waals surface area contributed by atoms with Gasteiger partial charge in [0.2, 0.25) is 0 Å². The monoisotopic (exact) mass is 162 g/mol. The Morgan fingerprint density at radius 3 is 3.33 bits per heavy atom. The zero-order valence-electron chi connectivity index (χ0n) is 6.94. The number of nitrogens with zero attached hydrogens (tertiary/aromatic N) is 4. The van der Waals surface area contributed by atoms with E-state index < -0.39 is 0 Å². The molecule has 4 heteroatoms. The van der Waals surface area contributed by atoms with Gasteiger partial charge in [0, 0.05) is 19.1 Å². The molecular formula is C8H10N4. The molecule has 2 rings (SSSR count). The number of rotatable bonds is 1. The summed E-state index contributed by atoms with van der Waals surface area (Å²) < 4.78 is 0. The van der Waals surface area contributed by atoms with Crippen LogP contribution in [0.15, 0.2) is 11.2 Å². The molecule has 0 fully saturated rings. The summed E-state index contributed by atoms with van der Waals surface area (Å²) in [6.07, 6.45) is 7.49. The highest BCUT2D eigenvalue weighted by molar-refractivity contribution is 5.63. The maximum absolute atomic E-state index is 4.28. The lowest BCUT2D eigenvalue weighted by Gasteiger charge is -1.88. The van der Waals surface area contributed by atoms with Gasteiger partial charge in [-0.25, -0.2) is 4.98 Å². The van der Waals surface area contributed by atoms with E-state index in [-0.39, 0.29) is 0 Å². The minimum Gasteiger partial charge on any atom is -0.210 e. The van der Waals surface area contributed by atoms with Crippen molar-refractivity contribution in [2.45, 2.75) is 19.8 Å². The molecule has 0 radical (unpaired) electrons. The van der Waals surface area contributed by atoms with Crippen molar-refractivity contribution >= 4 is 12.3 Å². The molecule has 12 heavy (non-hydrogen) atoms. The van der Waals surface area contributed by atoms with Gasteiger partial charge in [0.1, 0.15) is 0 Å². The smallest absolute Gasteiger partial charge is 0.175 e. The third-order valence-corrected chi connectivity index (χ3v) is 1.67. The SMILES string of the molecule is CCc1nc2n(n1)N=CCC=C2. The fourth-order valence-corrected chi connectivity index (χ4v) is 1.06. The quantitative estimate of drug-likeness (QED) is 0.620. The number of hydrogen-bond donors (Lipinski definition) is 0. The van der Waals surface area contributed by atoms with Crippen LogP contribution in [0.1, 0.15) is 25.0 Å². The van der Waals surface area contributed by atoms with E-state index in [0.717, 1.165) is 24.5 Å². The first-order valence-electron chi connectivity index (χ1n) is 4.05. The van der Waals surface area contributed by atoms with Crippen molar-refractivity contribution in [3.63, 3.8) is 0 Å². The van der Waals surface area contributed by atoms with Gasteiger partial charge in [-0.05, 0) is 6.08 Å². The van der Waals surface area contributed by atoms with Crippen molar-refractivity contribution in [1.82, 2.24) is 14.9 Å². The van der Waals surface area contributed by atoms with Crippen LogP contribution < -0.4 is 0 Å². The first-order chi connectivity index (χ1) is 5.90. The summed E-state index contributed by atoms with van der Waals surface area (Å²) in [4.78, 5) is 5.85. The van der Waals surface area contributed by atoms with Crippen LogP contribution in [0.2, 0.25) is 0 Å². The van der Waals surface area contributed by atoms with Gasteiger partial charge in [0.05, 0.1) is 0 Å². The summed E-state index contributed by atoms with van der Waals surface area (Å²) in [6.45, 7) is 2.03. The van der Waals surface area contributed by atoms with E-state index in [4.69, 9.17) is 0 Å². The summed E-state index contributed by atoms with van der Waals surface area (Å²) in [5.74, 6) is 1.66. The molecule has 62 valence electrons. The molecule has 1 aromatic rings. The zero-order chi connectivity index (χ0) is 8.39. The lowest BCUT2D eigenvalue weighted by molar-refractivity contribution is 0.719. The molecule has 1 aliphatic heterocycles. The van der Waals surface area contributed by atoms with Crippen LogP contribution in [0, 0.1) is 0 Å².